The smallest absolute Gasteiger partial charge is 0.265 e. The number of ether oxygens (including phenoxy) is 1. The number of sulfonamides is 1. The molecule has 1 amide bonds. The van der Waals surface area contributed by atoms with Gasteiger partial charge in [-0.2, -0.15) is 0 Å². The van der Waals surface area contributed by atoms with E-state index in [1.807, 2.05) is 32.0 Å². The Hall–Kier alpha value is -3.39. The van der Waals surface area contributed by atoms with Gasteiger partial charge in [-0.05, 0) is 73.5 Å². The highest BCUT2D eigenvalue weighted by atomic mass is 32.2. The van der Waals surface area contributed by atoms with Gasteiger partial charge in [0.2, 0.25) is 0 Å². The average molecular weight is 443 g/mol. The zero-order valence-electron chi connectivity index (χ0n) is 17.1. The Kier molecular flexibility index (Phi) is 6.91. The molecule has 3 aromatic carbocycles. The average Bonchev–Trinajstić information content (AvgIpc) is 2.75. The minimum Gasteiger partial charge on any atom is -0.480 e. The molecule has 162 valence electrons. The number of carbonyl (C=O) groups is 1. The summed E-state index contributed by atoms with van der Waals surface area (Å²) in [5.74, 6) is -0.150. The van der Waals surface area contributed by atoms with Gasteiger partial charge in [0, 0.05) is 11.4 Å². The van der Waals surface area contributed by atoms with Crippen LogP contribution in [-0.2, 0) is 14.8 Å². The topological polar surface area (TPSA) is 84.5 Å². The van der Waals surface area contributed by atoms with E-state index >= 15 is 0 Å². The minimum absolute atomic E-state index is 0.0121. The largest absolute Gasteiger partial charge is 0.480 e. The summed E-state index contributed by atoms with van der Waals surface area (Å²) >= 11 is 0. The number of nitrogens with one attached hydrogen (secondary N) is 2. The van der Waals surface area contributed by atoms with Gasteiger partial charge in [0.1, 0.15) is 11.6 Å². The third-order valence-corrected chi connectivity index (χ3v) is 5.95. The molecule has 8 heteroatoms. The number of amides is 1. The molecule has 6 nitrogen and oxygen atoms in total. The van der Waals surface area contributed by atoms with Crippen LogP contribution in [-0.4, -0.2) is 20.4 Å². The van der Waals surface area contributed by atoms with Crippen LogP contribution >= 0.6 is 0 Å². The molecule has 0 saturated heterocycles. The van der Waals surface area contributed by atoms with Crippen molar-refractivity contribution in [3.05, 3.63) is 84.2 Å². The lowest BCUT2D eigenvalue weighted by Gasteiger charge is -2.18. The van der Waals surface area contributed by atoms with E-state index in [0.29, 0.717) is 17.9 Å². The second-order valence-electron chi connectivity index (χ2n) is 6.91. The number of anilines is 2. The molecule has 0 heterocycles. The lowest BCUT2D eigenvalue weighted by atomic mass is 10.2. The van der Waals surface area contributed by atoms with E-state index in [-0.39, 0.29) is 16.5 Å². The van der Waals surface area contributed by atoms with Gasteiger partial charge in [0.15, 0.2) is 6.10 Å². The number of hydrogen-bond acceptors (Lipinski definition) is 4. The number of halogens is 1. The fourth-order valence-corrected chi connectivity index (χ4v) is 3.89. The Morgan fingerprint density at radius 2 is 1.58 bits per heavy atom. The number of benzene rings is 3. The van der Waals surface area contributed by atoms with Crippen molar-refractivity contribution in [2.24, 2.45) is 0 Å². The van der Waals surface area contributed by atoms with Crippen LogP contribution < -0.4 is 14.8 Å². The third kappa shape index (κ3) is 5.82. The van der Waals surface area contributed by atoms with Gasteiger partial charge in [0.25, 0.3) is 15.9 Å². The normalized spacial score (nSPS) is 12.1. The molecule has 0 aliphatic carbocycles. The van der Waals surface area contributed by atoms with Crippen molar-refractivity contribution in [2.45, 2.75) is 31.3 Å². The lowest BCUT2D eigenvalue weighted by Crippen LogP contribution is -2.32. The Morgan fingerprint density at radius 1 is 0.968 bits per heavy atom. The highest BCUT2D eigenvalue weighted by molar-refractivity contribution is 7.92. The maximum absolute atomic E-state index is 13.0. The Morgan fingerprint density at radius 3 is 2.19 bits per heavy atom. The fourth-order valence-electron chi connectivity index (χ4n) is 2.84. The summed E-state index contributed by atoms with van der Waals surface area (Å²) in [6, 6.07) is 18.2. The zero-order valence-corrected chi connectivity index (χ0v) is 17.9. The molecule has 0 aromatic heterocycles. The predicted molar refractivity (Wildman–Crippen MR) is 118 cm³/mol. The Bertz CT molecular complexity index is 1150. The lowest BCUT2D eigenvalue weighted by molar-refractivity contribution is -0.122. The fraction of sp³-hybridized carbons (Fsp3) is 0.174. The monoisotopic (exact) mass is 442 g/mol. The Labute approximate surface area is 181 Å². The molecule has 0 bridgehead atoms. The van der Waals surface area contributed by atoms with E-state index in [1.54, 1.807) is 6.07 Å². The van der Waals surface area contributed by atoms with Gasteiger partial charge in [-0.25, -0.2) is 12.8 Å². The molecule has 1 atom stereocenters. The van der Waals surface area contributed by atoms with Crippen LogP contribution in [0.3, 0.4) is 0 Å². The molecule has 0 radical (unpaired) electrons. The van der Waals surface area contributed by atoms with E-state index in [2.05, 4.69) is 10.0 Å². The highest BCUT2D eigenvalue weighted by Crippen LogP contribution is 2.21. The molecule has 2 N–H and O–H groups in total. The molecule has 31 heavy (non-hydrogen) atoms. The molecule has 3 aromatic rings. The van der Waals surface area contributed by atoms with Gasteiger partial charge < -0.3 is 10.1 Å². The van der Waals surface area contributed by atoms with E-state index in [0.717, 1.165) is 5.56 Å². The summed E-state index contributed by atoms with van der Waals surface area (Å²) in [7, 11) is -3.85. The maximum atomic E-state index is 13.0. The third-order valence-electron chi connectivity index (χ3n) is 4.55. The number of hydrogen-bond donors (Lipinski definition) is 2. The van der Waals surface area contributed by atoms with E-state index < -0.39 is 21.9 Å². The molecule has 0 aliphatic heterocycles. The van der Waals surface area contributed by atoms with Crippen LogP contribution in [0.4, 0.5) is 15.8 Å². The van der Waals surface area contributed by atoms with Crippen LogP contribution in [0.25, 0.3) is 0 Å². The summed E-state index contributed by atoms with van der Waals surface area (Å²) in [5.41, 5.74) is 1.62. The van der Waals surface area contributed by atoms with Crippen LogP contribution in [0.1, 0.15) is 18.9 Å². The van der Waals surface area contributed by atoms with Crippen molar-refractivity contribution < 1.29 is 22.3 Å². The van der Waals surface area contributed by atoms with Crippen LogP contribution in [0.15, 0.2) is 77.7 Å². The molecular weight excluding hydrogens is 419 g/mol. The van der Waals surface area contributed by atoms with Crippen LogP contribution in [0, 0.1) is 12.7 Å². The predicted octanol–water partition coefficient (Wildman–Crippen LogP) is 4.73. The molecule has 0 spiro atoms. The van der Waals surface area contributed by atoms with Crippen molar-refractivity contribution in [1.29, 1.82) is 0 Å². The number of carbonyl (C=O) groups excluding carboxylic acids is 1. The van der Waals surface area contributed by atoms with Crippen molar-refractivity contribution in [3.8, 4) is 5.75 Å². The maximum Gasteiger partial charge on any atom is 0.265 e. The zero-order chi connectivity index (χ0) is 22.4. The Balaban J connectivity index is 1.67. The molecule has 0 unspecified atom stereocenters. The summed E-state index contributed by atoms with van der Waals surface area (Å²) < 4.78 is 46.2. The second-order valence-corrected chi connectivity index (χ2v) is 8.59. The molecule has 0 fully saturated rings. The van der Waals surface area contributed by atoms with Gasteiger partial charge in [-0.15, -0.1) is 0 Å². The first kappa shape index (κ1) is 22.3. The van der Waals surface area contributed by atoms with Crippen molar-refractivity contribution >= 4 is 27.3 Å². The van der Waals surface area contributed by atoms with E-state index in [4.69, 9.17) is 4.74 Å². The quantitative estimate of drug-likeness (QED) is 0.528. The SMILES string of the molecule is CC[C@H](Oc1ccccc1C)C(=O)Nc1ccc(S(=O)(=O)Nc2ccc(F)cc2)cc1. The molecule has 0 saturated carbocycles. The minimum atomic E-state index is -3.85. The molecular formula is C23H23FN2O4S. The van der Waals surface area contributed by atoms with E-state index in [1.165, 1.54) is 48.5 Å². The standard InChI is InChI=1S/C23H23FN2O4S/c1-3-21(30-22-7-5-4-6-16(22)2)23(27)25-18-12-14-20(15-13-18)31(28,29)26-19-10-8-17(24)9-11-19/h4-15,21,26H,3H2,1-2H3,(H,25,27)/t21-/m0/s1. The van der Waals surface area contributed by atoms with Crippen LogP contribution in [0.2, 0.25) is 0 Å². The first-order chi connectivity index (χ1) is 14.8. The number of rotatable bonds is 8. The van der Waals surface area contributed by atoms with Gasteiger partial charge in [0.05, 0.1) is 4.90 Å². The van der Waals surface area contributed by atoms with Crippen LogP contribution in [0.5, 0.6) is 5.75 Å². The second kappa shape index (κ2) is 9.61. The van der Waals surface area contributed by atoms with Crippen molar-refractivity contribution in [3.63, 3.8) is 0 Å². The van der Waals surface area contributed by atoms with Gasteiger partial charge >= 0.3 is 0 Å². The van der Waals surface area contributed by atoms with Gasteiger partial charge in [-0.1, -0.05) is 25.1 Å². The van der Waals surface area contributed by atoms with Crippen molar-refractivity contribution in [1.82, 2.24) is 0 Å². The van der Waals surface area contributed by atoms with Crippen molar-refractivity contribution in [2.75, 3.05) is 10.0 Å². The number of aryl methyl sites for hydroxylation is 1. The first-order valence-corrected chi connectivity index (χ1v) is 11.2. The number of para-hydroxylation sites is 1. The molecule has 0 aliphatic rings. The van der Waals surface area contributed by atoms with Gasteiger partial charge in [-0.3, -0.25) is 9.52 Å². The van der Waals surface area contributed by atoms with E-state index in [9.17, 15) is 17.6 Å². The summed E-state index contributed by atoms with van der Waals surface area (Å²) in [6.07, 6.45) is -0.224. The summed E-state index contributed by atoms with van der Waals surface area (Å²) in [4.78, 5) is 12.6. The first-order valence-electron chi connectivity index (χ1n) is 9.70. The highest BCUT2D eigenvalue weighted by Gasteiger charge is 2.20. The molecule has 3 rings (SSSR count). The summed E-state index contributed by atoms with van der Waals surface area (Å²) in [5, 5.41) is 2.75. The summed E-state index contributed by atoms with van der Waals surface area (Å²) in [6.45, 7) is 3.75.